The van der Waals surface area contributed by atoms with Crippen LogP contribution >= 0.6 is 0 Å². The fourth-order valence-electron chi connectivity index (χ4n) is 4.29. The highest BCUT2D eigenvalue weighted by Crippen LogP contribution is 2.47. The van der Waals surface area contributed by atoms with Gasteiger partial charge in [-0.1, -0.05) is 66.8 Å². The van der Waals surface area contributed by atoms with Crippen LogP contribution in [0.3, 0.4) is 0 Å². The van der Waals surface area contributed by atoms with E-state index in [-0.39, 0.29) is 11.8 Å². The Kier molecular flexibility index (Phi) is 4.57. The number of benzene rings is 3. The van der Waals surface area contributed by atoms with Crippen LogP contribution in [-0.4, -0.2) is 7.11 Å². The Morgan fingerprint density at radius 2 is 1.84 bits per heavy atom. The van der Waals surface area contributed by atoms with Crippen LogP contribution < -0.4 is 15.2 Å². The molecular formula is C27H20N2O2. The lowest BCUT2D eigenvalue weighted by Crippen LogP contribution is -2.21. The van der Waals surface area contributed by atoms with E-state index < -0.39 is 0 Å². The van der Waals surface area contributed by atoms with Gasteiger partial charge in [-0.25, -0.2) is 0 Å². The van der Waals surface area contributed by atoms with Crippen molar-refractivity contribution < 1.29 is 9.47 Å². The Bertz CT molecular complexity index is 1370. The summed E-state index contributed by atoms with van der Waals surface area (Å²) >= 11 is 0. The summed E-state index contributed by atoms with van der Waals surface area (Å²) in [6, 6.07) is 22.2. The Labute approximate surface area is 180 Å². The average Bonchev–Trinajstić information content (AvgIpc) is 3.26. The molecule has 1 atom stereocenters. The first-order valence-corrected chi connectivity index (χ1v) is 10.0. The minimum Gasteiger partial charge on any atom is -0.496 e. The second-order valence-electron chi connectivity index (χ2n) is 7.49. The molecule has 0 aromatic heterocycles. The van der Waals surface area contributed by atoms with E-state index >= 15 is 0 Å². The SMILES string of the molecule is COc1ccccc1/C=C1\C=CC(C2C(C#N)=C(N)Oc3ccc4ccccc4c32)=C1. The Morgan fingerprint density at radius 1 is 1.03 bits per heavy atom. The molecular weight excluding hydrogens is 384 g/mol. The van der Waals surface area contributed by atoms with E-state index in [1.807, 2.05) is 60.7 Å². The van der Waals surface area contributed by atoms with Crippen LogP contribution in [0.5, 0.6) is 11.5 Å². The molecule has 3 aromatic carbocycles. The molecule has 0 amide bonds. The standard InChI is InChI=1S/C27H20N2O2/c1-30-23-9-5-3-7-19(23)14-17-10-11-20(15-17)25-22(16-28)27(29)31-24-13-12-18-6-2-4-8-21(18)26(24)25/h2-15,25H,29H2,1H3/b17-14+. The zero-order valence-corrected chi connectivity index (χ0v) is 17.0. The van der Waals surface area contributed by atoms with E-state index in [2.05, 4.69) is 30.4 Å². The molecule has 0 bridgehead atoms. The maximum Gasteiger partial charge on any atom is 0.205 e. The van der Waals surface area contributed by atoms with Crippen molar-refractivity contribution in [2.75, 3.05) is 7.11 Å². The quantitative estimate of drug-likeness (QED) is 0.617. The third kappa shape index (κ3) is 3.17. The number of allylic oxidation sites excluding steroid dienone is 6. The first-order chi connectivity index (χ1) is 15.2. The topological polar surface area (TPSA) is 68.3 Å². The minimum atomic E-state index is -0.292. The number of hydrogen-bond donors (Lipinski definition) is 1. The molecule has 2 aliphatic rings. The molecule has 3 aromatic rings. The van der Waals surface area contributed by atoms with Crippen LogP contribution in [0.25, 0.3) is 16.8 Å². The van der Waals surface area contributed by atoms with Crippen LogP contribution in [0.4, 0.5) is 0 Å². The first kappa shape index (κ1) is 18.8. The average molecular weight is 404 g/mol. The van der Waals surface area contributed by atoms with Crippen molar-refractivity contribution >= 4 is 16.8 Å². The summed E-state index contributed by atoms with van der Waals surface area (Å²) < 4.78 is 11.3. The molecule has 0 spiro atoms. The number of methoxy groups -OCH3 is 1. The van der Waals surface area contributed by atoms with Gasteiger partial charge in [0.25, 0.3) is 0 Å². The highest BCUT2D eigenvalue weighted by atomic mass is 16.5. The number of nitrogens with two attached hydrogens (primary N) is 1. The van der Waals surface area contributed by atoms with E-state index in [1.54, 1.807) is 7.11 Å². The van der Waals surface area contributed by atoms with Gasteiger partial charge in [0.2, 0.25) is 5.88 Å². The second kappa shape index (κ2) is 7.55. The van der Waals surface area contributed by atoms with E-state index in [0.29, 0.717) is 11.3 Å². The summed E-state index contributed by atoms with van der Waals surface area (Å²) in [7, 11) is 1.67. The maximum atomic E-state index is 9.91. The summed E-state index contributed by atoms with van der Waals surface area (Å²) in [6.45, 7) is 0. The molecule has 4 heteroatoms. The van der Waals surface area contributed by atoms with Crippen LogP contribution in [0.1, 0.15) is 17.0 Å². The van der Waals surface area contributed by atoms with Crippen LogP contribution in [0, 0.1) is 11.3 Å². The molecule has 1 heterocycles. The van der Waals surface area contributed by atoms with Crippen molar-refractivity contribution in [3.63, 3.8) is 0 Å². The highest BCUT2D eigenvalue weighted by Gasteiger charge is 2.33. The van der Waals surface area contributed by atoms with Gasteiger partial charge >= 0.3 is 0 Å². The molecule has 2 N–H and O–H groups in total. The van der Waals surface area contributed by atoms with E-state index in [4.69, 9.17) is 15.2 Å². The van der Waals surface area contributed by atoms with Gasteiger partial charge in [-0.2, -0.15) is 5.26 Å². The van der Waals surface area contributed by atoms with Crippen molar-refractivity contribution in [3.8, 4) is 17.6 Å². The highest BCUT2D eigenvalue weighted by molar-refractivity contribution is 5.90. The predicted molar refractivity (Wildman–Crippen MR) is 122 cm³/mol. The third-order valence-electron chi connectivity index (χ3n) is 5.71. The van der Waals surface area contributed by atoms with Crippen molar-refractivity contribution in [2.24, 2.45) is 5.73 Å². The second-order valence-corrected chi connectivity index (χ2v) is 7.49. The van der Waals surface area contributed by atoms with Crippen molar-refractivity contribution in [1.82, 2.24) is 0 Å². The number of rotatable bonds is 3. The zero-order chi connectivity index (χ0) is 21.4. The number of nitrogens with zero attached hydrogens (tertiary/aromatic N) is 1. The normalized spacial score (nSPS) is 18.5. The lowest BCUT2D eigenvalue weighted by Gasteiger charge is -2.27. The summed E-state index contributed by atoms with van der Waals surface area (Å²) in [4.78, 5) is 0. The largest absolute Gasteiger partial charge is 0.496 e. The Balaban J connectivity index is 1.66. The molecule has 5 rings (SSSR count). The third-order valence-corrected chi connectivity index (χ3v) is 5.71. The van der Waals surface area contributed by atoms with Gasteiger partial charge < -0.3 is 15.2 Å². The molecule has 31 heavy (non-hydrogen) atoms. The van der Waals surface area contributed by atoms with Crippen LogP contribution in [0.15, 0.2) is 101 Å². The lowest BCUT2D eigenvalue weighted by atomic mass is 9.81. The number of fused-ring (bicyclic) bond motifs is 3. The molecule has 0 saturated heterocycles. The van der Waals surface area contributed by atoms with E-state index in [9.17, 15) is 5.26 Å². The van der Waals surface area contributed by atoms with Crippen molar-refractivity contribution in [3.05, 3.63) is 113 Å². The van der Waals surface area contributed by atoms with Crippen molar-refractivity contribution in [2.45, 2.75) is 5.92 Å². The Morgan fingerprint density at radius 3 is 2.68 bits per heavy atom. The van der Waals surface area contributed by atoms with Gasteiger partial charge in [-0.15, -0.1) is 0 Å². The Hall–Kier alpha value is -4.23. The minimum absolute atomic E-state index is 0.159. The molecule has 0 radical (unpaired) electrons. The van der Waals surface area contributed by atoms with Crippen LogP contribution in [-0.2, 0) is 0 Å². The van der Waals surface area contributed by atoms with E-state index in [0.717, 1.165) is 38.8 Å². The monoisotopic (exact) mass is 404 g/mol. The molecule has 1 aliphatic carbocycles. The molecule has 0 fully saturated rings. The lowest BCUT2D eigenvalue weighted by molar-refractivity contribution is 0.395. The first-order valence-electron chi connectivity index (χ1n) is 10.0. The van der Waals surface area contributed by atoms with Gasteiger partial charge in [0.1, 0.15) is 23.1 Å². The predicted octanol–water partition coefficient (Wildman–Crippen LogP) is 5.60. The molecule has 1 unspecified atom stereocenters. The van der Waals surface area contributed by atoms with E-state index in [1.165, 1.54) is 0 Å². The maximum absolute atomic E-state index is 9.91. The number of para-hydroxylation sites is 1. The number of ether oxygens (including phenoxy) is 2. The smallest absolute Gasteiger partial charge is 0.205 e. The summed E-state index contributed by atoms with van der Waals surface area (Å²) in [6.07, 6.45) is 8.27. The van der Waals surface area contributed by atoms with Gasteiger partial charge in [0, 0.05) is 11.1 Å². The summed E-state index contributed by atoms with van der Waals surface area (Å²) in [5.74, 6) is 1.37. The fraction of sp³-hybridized carbons (Fsp3) is 0.0741. The van der Waals surface area contributed by atoms with Crippen molar-refractivity contribution in [1.29, 1.82) is 5.26 Å². The molecule has 1 aliphatic heterocycles. The van der Waals surface area contributed by atoms with Gasteiger partial charge in [0.05, 0.1) is 13.0 Å². The van der Waals surface area contributed by atoms with Gasteiger partial charge in [-0.3, -0.25) is 0 Å². The molecule has 150 valence electrons. The van der Waals surface area contributed by atoms with Crippen LogP contribution in [0.2, 0.25) is 0 Å². The zero-order valence-electron chi connectivity index (χ0n) is 17.0. The van der Waals surface area contributed by atoms with Gasteiger partial charge in [-0.05, 0) is 40.1 Å². The van der Waals surface area contributed by atoms with Gasteiger partial charge in [0.15, 0.2) is 0 Å². The number of nitriles is 1. The fourth-order valence-corrected chi connectivity index (χ4v) is 4.29. The summed E-state index contributed by atoms with van der Waals surface area (Å²) in [5, 5.41) is 12.1. The number of hydrogen-bond acceptors (Lipinski definition) is 4. The summed E-state index contributed by atoms with van der Waals surface area (Å²) in [5.41, 5.74) is 10.6. The molecule has 4 nitrogen and oxygen atoms in total. The molecule has 0 saturated carbocycles.